The van der Waals surface area contributed by atoms with Crippen LogP contribution in [0.1, 0.15) is 12.5 Å². The molecular formula is C18H13Cl3N2O2. The number of nitrogens with zero attached hydrogens (tertiary/aromatic N) is 1. The van der Waals surface area contributed by atoms with Crippen molar-refractivity contribution in [2.45, 2.75) is 6.92 Å². The van der Waals surface area contributed by atoms with Crippen LogP contribution in [0, 0.1) is 11.3 Å². The lowest BCUT2D eigenvalue weighted by Crippen LogP contribution is -2.13. The molecule has 2 rings (SSSR count). The maximum Gasteiger partial charge on any atom is 0.266 e. The number of hydrogen-bond donors (Lipinski definition) is 1. The van der Waals surface area contributed by atoms with Crippen LogP contribution in [0.2, 0.25) is 15.1 Å². The molecule has 128 valence electrons. The molecule has 0 unspecified atom stereocenters. The van der Waals surface area contributed by atoms with Gasteiger partial charge in [-0.05, 0) is 55.0 Å². The normalized spacial score (nSPS) is 10.9. The Morgan fingerprint density at radius 3 is 2.32 bits per heavy atom. The molecule has 0 aliphatic rings. The quantitative estimate of drug-likeness (QED) is 0.530. The summed E-state index contributed by atoms with van der Waals surface area (Å²) in [7, 11) is 0. The molecule has 7 heteroatoms. The van der Waals surface area contributed by atoms with E-state index in [1.54, 1.807) is 36.4 Å². The van der Waals surface area contributed by atoms with Gasteiger partial charge in [0.2, 0.25) is 0 Å². The molecule has 0 bridgehead atoms. The van der Waals surface area contributed by atoms with Crippen molar-refractivity contribution in [3.8, 4) is 11.8 Å². The average molecular weight is 396 g/mol. The summed E-state index contributed by atoms with van der Waals surface area (Å²) in [6.45, 7) is 2.23. The Morgan fingerprint density at radius 2 is 1.80 bits per heavy atom. The van der Waals surface area contributed by atoms with Gasteiger partial charge in [0.15, 0.2) is 5.75 Å². The number of anilines is 1. The lowest BCUT2D eigenvalue weighted by atomic mass is 10.1. The van der Waals surface area contributed by atoms with Gasteiger partial charge < -0.3 is 10.1 Å². The Hall–Kier alpha value is -2.19. The summed E-state index contributed by atoms with van der Waals surface area (Å²) in [5.41, 5.74) is 0.950. The van der Waals surface area contributed by atoms with E-state index in [2.05, 4.69) is 5.32 Å². The molecule has 0 atom stereocenters. The summed E-state index contributed by atoms with van der Waals surface area (Å²) >= 11 is 18.1. The first-order valence-corrected chi connectivity index (χ1v) is 8.38. The van der Waals surface area contributed by atoms with Gasteiger partial charge in [-0.25, -0.2) is 0 Å². The van der Waals surface area contributed by atoms with Crippen molar-refractivity contribution in [2.75, 3.05) is 11.9 Å². The van der Waals surface area contributed by atoms with Gasteiger partial charge in [0.05, 0.1) is 16.7 Å². The highest BCUT2D eigenvalue weighted by Gasteiger charge is 2.12. The molecule has 0 heterocycles. The number of benzene rings is 2. The van der Waals surface area contributed by atoms with Crippen LogP contribution in [0.15, 0.2) is 42.0 Å². The van der Waals surface area contributed by atoms with Crippen molar-refractivity contribution >= 4 is 52.5 Å². The molecule has 0 aliphatic carbocycles. The van der Waals surface area contributed by atoms with E-state index in [1.165, 1.54) is 6.08 Å². The number of halogens is 3. The minimum Gasteiger partial charge on any atom is -0.491 e. The van der Waals surface area contributed by atoms with Gasteiger partial charge in [-0.15, -0.1) is 0 Å². The van der Waals surface area contributed by atoms with Crippen LogP contribution in [-0.4, -0.2) is 12.5 Å². The number of rotatable bonds is 5. The van der Waals surface area contributed by atoms with Crippen molar-refractivity contribution in [3.05, 3.63) is 62.6 Å². The second-order valence-electron chi connectivity index (χ2n) is 4.88. The Morgan fingerprint density at radius 1 is 1.20 bits per heavy atom. The van der Waals surface area contributed by atoms with Crippen LogP contribution in [0.25, 0.3) is 6.08 Å². The highest BCUT2D eigenvalue weighted by atomic mass is 35.5. The van der Waals surface area contributed by atoms with E-state index in [4.69, 9.17) is 39.5 Å². The molecule has 0 radical (unpaired) electrons. The standard InChI is InChI=1S/C18H13Cl3N2O2/c1-2-25-17-15(20)8-11(9-16(17)21)7-12(10-22)18(24)23-14-5-3-13(19)4-6-14/h3-9H,2H2,1H3,(H,23,24)/b12-7-. The van der Waals surface area contributed by atoms with E-state index in [0.29, 0.717) is 38.7 Å². The summed E-state index contributed by atoms with van der Waals surface area (Å²) in [4.78, 5) is 12.2. The maximum atomic E-state index is 12.2. The highest BCUT2D eigenvalue weighted by Crippen LogP contribution is 2.34. The van der Waals surface area contributed by atoms with Gasteiger partial charge in [0.25, 0.3) is 5.91 Å². The molecular weight excluding hydrogens is 383 g/mol. The molecule has 0 spiro atoms. The largest absolute Gasteiger partial charge is 0.491 e. The van der Waals surface area contributed by atoms with Crippen LogP contribution in [0.3, 0.4) is 0 Å². The van der Waals surface area contributed by atoms with Gasteiger partial charge in [0, 0.05) is 10.7 Å². The van der Waals surface area contributed by atoms with E-state index in [0.717, 1.165) is 0 Å². The minimum absolute atomic E-state index is 0.0914. The molecule has 25 heavy (non-hydrogen) atoms. The first-order chi connectivity index (χ1) is 11.9. The number of nitrogens with one attached hydrogen (secondary N) is 1. The molecule has 0 aliphatic heterocycles. The van der Waals surface area contributed by atoms with Crippen molar-refractivity contribution in [1.29, 1.82) is 5.26 Å². The van der Waals surface area contributed by atoms with Gasteiger partial charge in [-0.1, -0.05) is 34.8 Å². The Bertz CT molecular complexity index is 833. The second kappa shape index (κ2) is 8.77. The summed E-state index contributed by atoms with van der Waals surface area (Å²) < 4.78 is 5.35. The first-order valence-electron chi connectivity index (χ1n) is 7.25. The predicted octanol–water partition coefficient (Wildman–Crippen LogP) is 5.59. The number of amides is 1. The molecule has 1 N–H and O–H groups in total. The Kier molecular flexibility index (Phi) is 6.72. The lowest BCUT2D eigenvalue weighted by molar-refractivity contribution is -0.112. The fourth-order valence-corrected chi connectivity index (χ4v) is 2.73. The number of carbonyl (C=O) groups excluding carboxylic acids is 1. The summed E-state index contributed by atoms with van der Waals surface area (Å²) in [6, 6.07) is 11.6. The van der Waals surface area contributed by atoms with Crippen LogP contribution < -0.4 is 10.1 Å². The zero-order chi connectivity index (χ0) is 18.4. The van der Waals surface area contributed by atoms with Gasteiger partial charge in [-0.2, -0.15) is 5.26 Å². The molecule has 4 nitrogen and oxygen atoms in total. The van der Waals surface area contributed by atoms with Crippen molar-refractivity contribution in [2.24, 2.45) is 0 Å². The summed E-state index contributed by atoms with van der Waals surface area (Å²) in [5.74, 6) is -0.182. The van der Waals surface area contributed by atoms with E-state index < -0.39 is 5.91 Å². The van der Waals surface area contributed by atoms with E-state index >= 15 is 0 Å². The molecule has 0 fully saturated rings. The lowest BCUT2D eigenvalue weighted by Gasteiger charge is -2.09. The van der Waals surface area contributed by atoms with Crippen LogP contribution in [0.5, 0.6) is 5.75 Å². The second-order valence-corrected chi connectivity index (χ2v) is 6.13. The van der Waals surface area contributed by atoms with Crippen LogP contribution in [0.4, 0.5) is 5.69 Å². The number of nitriles is 1. The number of hydrogen-bond acceptors (Lipinski definition) is 3. The highest BCUT2D eigenvalue weighted by molar-refractivity contribution is 6.37. The Balaban J connectivity index is 2.26. The third-order valence-electron chi connectivity index (χ3n) is 3.09. The van der Waals surface area contributed by atoms with Crippen LogP contribution in [-0.2, 0) is 4.79 Å². The van der Waals surface area contributed by atoms with Crippen molar-refractivity contribution in [3.63, 3.8) is 0 Å². The molecule has 0 aromatic heterocycles. The summed E-state index contributed by atoms with van der Waals surface area (Å²) in [6.07, 6.45) is 1.40. The topological polar surface area (TPSA) is 62.1 Å². The molecule has 2 aromatic rings. The third-order valence-corrected chi connectivity index (χ3v) is 3.90. The molecule has 0 saturated carbocycles. The smallest absolute Gasteiger partial charge is 0.266 e. The van der Waals surface area contributed by atoms with Crippen molar-refractivity contribution < 1.29 is 9.53 Å². The minimum atomic E-state index is -0.550. The number of ether oxygens (including phenoxy) is 1. The monoisotopic (exact) mass is 394 g/mol. The van der Waals surface area contributed by atoms with E-state index in [-0.39, 0.29) is 5.57 Å². The molecule has 0 saturated heterocycles. The fraction of sp³-hybridized carbons (Fsp3) is 0.111. The molecule has 1 amide bonds. The predicted molar refractivity (Wildman–Crippen MR) is 101 cm³/mol. The molecule has 2 aromatic carbocycles. The van der Waals surface area contributed by atoms with Gasteiger partial charge in [0.1, 0.15) is 11.6 Å². The summed E-state index contributed by atoms with van der Waals surface area (Å²) in [5, 5.41) is 13.0. The SMILES string of the molecule is CCOc1c(Cl)cc(/C=C(/C#N)C(=O)Nc2ccc(Cl)cc2)cc1Cl. The van der Waals surface area contributed by atoms with E-state index in [1.807, 2.05) is 13.0 Å². The fourth-order valence-electron chi connectivity index (χ4n) is 1.99. The van der Waals surface area contributed by atoms with Gasteiger partial charge >= 0.3 is 0 Å². The zero-order valence-corrected chi connectivity index (χ0v) is 15.4. The first kappa shape index (κ1) is 19.1. The average Bonchev–Trinajstić information content (AvgIpc) is 2.58. The zero-order valence-electron chi connectivity index (χ0n) is 13.1. The van der Waals surface area contributed by atoms with Gasteiger partial charge in [-0.3, -0.25) is 4.79 Å². The maximum absolute atomic E-state index is 12.2. The third kappa shape index (κ3) is 5.14. The van der Waals surface area contributed by atoms with Crippen LogP contribution >= 0.6 is 34.8 Å². The number of carbonyl (C=O) groups is 1. The Labute approximate surface area is 160 Å². The van der Waals surface area contributed by atoms with Crippen molar-refractivity contribution in [1.82, 2.24) is 0 Å². The van der Waals surface area contributed by atoms with E-state index in [9.17, 15) is 10.1 Å².